The van der Waals surface area contributed by atoms with E-state index < -0.39 is 11.9 Å². The zero-order chi connectivity index (χ0) is 22.7. The monoisotopic (exact) mass is 418 g/mol. The molecule has 0 bridgehead atoms. The Hall–Kier alpha value is -2.76. The Morgan fingerprint density at radius 3 is 1.70 bits per heavy atom. The molecule has 6 nitrogen and oxygen atoms in total. The number of carbonyl (C=O) groups is 2. The van der Waals surface area contributed by atoms with Crippen LogP contribution in [0.1, 0.15) is 53.0 Å². The maximum absolute atomic E-state index is 11.4. The van der Waals surface area contributed by atoms with Gasteiger partial charge in [-0.25, -0.2) is 9.59 Å². The summed E-state index contributed by atoms with van der Waals surface area (Å²) in [6.07, 6.45) is 1.10. The first kappa shape index (κ1) is 25.3. The molecule has 0 fully saturated rings. The van der Waals surface area contributed by atoms with Crippen molar-refractivity contribution in [1.82, 2.24) is 0 Å². The van der Waals surface area contributed by atoms with Crippen LogP contribution in [0.5, 0.6) is 11.5 Å². The summed E-state index contributed by atoms with van der Waals surface area (Å²) in [5.41, 5.74) is 1.83. The lowest BCUT2D eigenvalue weighted by Gasteiger charge is -2.21. The smallest absolute Gasteiger partial charge is 0.333 e. The summed E-state index contributed by atoms with van der Waals surface area (Å²) in [5.74, 6) is 0.447. The average molecular weight is 419 g/mol. The molecule has 1 aromatic rings. The molecule has 0 aromatic heterocycles. The second-order valence-corrected chi connectivity index (χ2v) is 8.15. The van der Waals surface area contributed by atoms with Crippen molar-refractivity contribution in [2.45, 2.75) is 52.9 Å². The van der Waals surface area contributed by atoms with Crippen molar-refractivity contribution in [3.05, 3.63) is 48.1 Å². The molecule has 0 spiro atoms. The summed E-state index contributed by atoms with van der Waals surface area (Å²) in [4.78, 5) is 22.8. The SMILES string of the molecule is C=C(C)C(=O)OCCCOc1ccc(C(C)(C)C)cc1OCCCOC(=O)C(=C)C. The van der Waals surface area contributed by atoms with E-state index in [1.54, 1.807) is 13.8 Å². The van der Waals surface area contributed by atoms with Gasteiger partial charge in [-0.05, 0) is 37.0 Å². The molecule has 0 saturated carbocycles. The van der Waals surface area contributed by atoms with E-state index in [1.807, 2.05) is 18.2 Å². The molecule has 30 heavy (non-hydrogen) atoms. The van der Waals surface area contributed by atoms with E-state index in [-0.39, 0.29) is 18.6 Å². The van der Waals surface area contributed by atoms with Gasteiger partial charge in [-0.15, -0.1) is 0 Å². The minimum atomic E-state index is -0.402. The quantitative estimate of drug-likeness (QED) is 0.277. The van der Waals surface area contributed by atoms with Crippen molar-refractivity contribution in [2.24, 2.45) is 0 Å². The van der Waals surface area contributed by atoms with E-state index in [1.165, 1.54) is 0 Å². The van der Waals surface area contributed by atoms with Crippen LogP contribution in [0.3, 0.4) is 0 Å². The summed E-state index contributed by atoms with van der Waals surface area (Å²) in [6, 6.07) is 5.87. The van der Waals surface area contributed by atoms with Gasteiger partial charge in [0.05, 0.1) is 26.4 Å². The molecule has 1 aromatic carbocycles. The van der Waals surface area contributed by atoms with Gasteiger partial charge in [0.25, 0.3) is 0 Å². The van der Waals surface area contributed by atoms with Gasteiger partial charge >= 0.3 is 11.9 Å². The number of hydrogen-bond acceptors (Lipinski definition) is 6. The fourth-order valence-corrected chi connectivity index (χ4v) is 2.26. The van der Waals surface area contributed by atoms with Crippen molar-refractivity contribution in [1.29, 1.82) is 0 Å². The molecule has 0 radical (unpaired) electrons. The third-order valence-corrected chi connectivity index (χ3v) is 4.07. The molecule has 0 aliphatic heterocycles. The van der Waals surface area contributed by atoms with Crippen LogP contribution in [-0.2, 0) is 24.5 Å². The summed E-state index contributed by atoms with van der Waals surface area (Å²) >= 11 is 0. The Morgan fingerprint density at radius 2 is 1.27 bits per heavy atom. The minimum Gasteiger partial charge on any atom is -0.490 e. The number of esters is 2. The van der Waals surface area contributed by atoms with Crippen LogP contribution in [-0.4, -0.2) is 38.4 Å². The van der Waals surface area contributed by atoms with Crippen molar-refractivity contribution in [2.75, 3.05) is 26.4 Å². The topological polar surface area (TPSA) is 71.1 Å². The summed E-state index contributed by atoms with van der Waals surface area (Å²) in [5, 5.41) is 0. The average Bonchev–Trinajstić information content (AvgIpc) is 2.66. The first-order valence-corrected chi connectivity index (χ1v) is 10.1. The van der Waals surface area contributed by atoms with Gasteiger partial charge in [-0.3, -0.25) is 0 Å². The highest BCUT2D eigenvalue weighted by atomic mass is 16.5. The Labute approximate surface area is 179 Å². The van der Waals surface area contributed by atoms with E-state index in [9.17, 15) is 9.59 Å². The number of carbonyl (C=O) groups excluding carboxylic acids is 2. The molecule has 0 aliphatic carbocycles. The summed E-state index contributed by atoms with van der Waals surface area (Å²) < 4.78 is 21.9. The van der Waals surface area contributed by atoms with Crippen LogP contribution in [0.4, 0.5) is 0 Å². The van der Waals surface area contributed by atoms with E-state index in [0.717, 1.165) is 5.56 Å². The normalized spacial score (nSPS) is 10.8. The number of rotatable bonds is 12. The molecule has 0 amide bonds. The molecule has 0 atom stereocenters. The van der Waals surface area contributed by atoms with E-state index in [2.05, 4.69) is 33.9 Å². The van der Waals surface area contributed by atoms with Crippen LogP contribution >= 0.6 is 0 Å². The molecule has 0 heterocycles. The Balaban J connectivity index is 2.62. The molecule has 166 valence electrons. The fraction of sp³-hybridized carbons (Fsp3) is 0.500. The van der Waals surface area contributed by atoms with Crippen molar-refractivity contribution in [3.63, 3.8) is 0 Å². The second kappa shape index (κ2) is 12.1. The van der Waals surface area contributed by atoms with Gasteiger partial charge in [0.15, 0.2) is 11.5 Å². The van der Waals surface area contributed by atoms with Crippen LogP contribution in [0.15, 0.2) is 42.5 Å². The standard InChI is InChI=1S/C24H34O6/c1-17(2)22(25)29-14-8-12-27-20-11-10-19(24(5,6)7)16-21(20)28-13-9-15-30-23(26)18(3)4/h10-11,16H,1,3,8-9,12-15H2,2,4-7H3. The third-order valence-electron chi connectivity index (χ3n) is 4.07. The van der Waals surface area contributed by atoms with Crippen molar-refractivity contribution in [3.8, 4) is 11.5 Å². The molecule has 6 heteroatoms. The Morgan fingerprint density at radius 1 is 0.800 bits per heavy atom. The number of ether oxygens (including phenoxy) is 4. The second-order valence-electron chi connectivity index (χ2n) is 8.15. The predicted molar refractivity (Wildman–Crippen MR) is 117 cm³/mol. The molecule has 0 aliphatic rings. The zero-order valence-corrected chi connectivity index (χ0v) is 18.8. The lowest BCUT2D eigenvalue weighted by atomic mass is 9.87. The minimum absolute atomic E-state index is 0.0373. The van der Waals surface area contributed by atoms with Crippen molar-refractivity contribution < 1.29 is 28.5 Å². The maximum Gasteiger partial charge on any atom is 0.333 e. The van der Waals surface area contributed by atoms with Gasteiger partial charge < -0.3 is 18.9 Å². The lowest BCUT2D eigenvalue weighted by Crippen LogP contribution is -2.13. The van der Waals surface area contributed by atoms with Crippen LogP contribution in [0.25, 0.3) is 0 Å². The fourth-order valence-electron chi connectivity index (χ4n) is 2.26. The van der Waals surface area contributed by atoms with Crippen LogP contribution in [0, 0.1) is 0 Å². The molecular formula is C24H34O6. The van der Waals surface area contributed by atoms with E-state index in [0.29, 0.717) is 48.7 Å². The number of hydrogen-bond donors (Lipinski definition) is 0. The van der Waals surface area contributed by atoms with Gasteiger partial charge in [-0.1, -0.05) is 40.0 Å². The van der Waals surface area contributed by atoms with Gasteiger partial charge in [0.1, 0.15) is 0 Å². The van der Waals surface area contributed by atoms with Gasteiger partial charge in [0.2, 0.25) is 0 Å². The predicted octanol–water partition coefficient (Wildman–Crippen LogP) is 4.76. The Kier molecular flexibility index (Phi) is 10.2. The lowest BCUT2D eigenvalue weighted by molar-refractivity contribution is -0.140. The van der Waals surface area contributed by atoms with Gasteiger partial charge in [0, 0.05) is 24.0 Å². The van der Waals surface area contributed by atoms with Crippen molar-refractivity contribution >= 4 is 11.9 Å². The Bertz CT molecular complexity index is 757. The zero-order valence-electron chi connectivity index (χ0n) is 18.8. The highest BCUT2D eigenvalue weighted by Crippen LogP contribution is 2.33. The molecule has 0 N–H and O–H groups in total. The third kappa shape index (κ3) is 9.16. The van der Waals surface area contributed by atoms with Gasteiger partial charge in [-0.2, -0.15) is 0 Å². The van der Waals surface area contributed by atoms with E-state index in [4.69, 9.17) is 18.9 Å². The highest BCUT2D eigenvalue weighted by molar-refractivity contribution is 5.87. The molecular weight excluding hydrogens is 384 g/mol. The maximum atomic E-state index is 11.4. The number of benzene rings is 1. The molecule has 1 rings (SSSR count). The van der Waals surface area contributed by atoms with Crippen LogP contribution in [0.2, 0.25) is 0 Å². The van der Waals surface area contributed by atoms with E-state index >= 15 is 0 Å². The first-order valence-electron chi connectivity index (χ1n) is 10.1. The van der Waals surface area contributed by atoms with Crippen LogP contribution < -0.4 is 9.47 Å². The molecule has 0 unspecified atom stereocenters. The summed E-state index contributed by atoms with van der Waals surface area (Å²) in [6.45, 7) is 18.0. The highest BCUT2D eigenvalue weighted by Gasteiger charge is 2.17. The first-order chi connectivity index (χ1) is 14.0. The largest absolute Gasteiger partial charge is 0.490 e. The summed E-state index contributed by atoms with van der Waals surface area (Å²) in [7, 11) is 0. The molecule has 0 saturated heterocycles.